The van der Waals surface area contributed by atoms with E-state index in [1.54, 1.807) is 43.3 Å². The molecule has 1 heterocycles. The van der Waals surface area contributed by atoms with Crippen LogP contribution in [0.2, 0.25) is 0 Å². The molecule has 9 nitrogen and oxygen atoms in total. The van der Waals surface area contributed by atoms with Crippen molar-refractivity contribution in [1.82, 2.24) is 10.2 Å². The van der Waals surface area contributed by atoms with E-state index in [1.165, 1.54) is 20.3 Å². The van der Waals surface area contributed by atoms with Gasteiger partial charge in [-0.15, -0.1) is 0 Å². The summed E-state index contributed by atoms with van der Waals surface area (Å²) in [6, 6.07) is 11.5. The molecule has 3 rings (SSSR count). The number of amides is 1. The zero-order valence-electron chi connectivity index (χ0n) is 19.2. The van der Waals surface area contributed by atoms with Crippen LogP contribution in [0.3, 0.4) is 0 Å². The van der Waals surface area contributed by atoms with Crippen LogP contribution in [-0.4, -0.2) is 79.4 Å². The van der Waals surface area contributed by atoms with Gasteiger partial charge in [0.15, 0.2) is 0 Å². The highest BCUT2D eigenvalue weighted by molar-refractivity contribution is 7.93. The second-order valence-corrected chi connectivity index (χ2v) is 9.50. The first-order valence-electron chi connectivity index (χ1n) is 10.7. The van der Waals surface area contributed by atoms with Crippen molar-refractivity contribution in [1.29, 1.82) is 0 Å². The summed E-state index contributed by atoms with van der Waals surface area (Å²) in [5, 5.41) is 2.83. The van der Waals surface area contributed by atoms with Crippen molar-refractivity contribution in [3.05, 3.63) is 48.0 Å². The third kappa shape index (κ3) is 6.37. The van der Waals surface area contributed by atoms with Crippen molar-refractivity contribution in [2.75, 3.05) is 64.5 Å². The zero-order chi connectivity index (χ0) is 23.8. The van der Waals surface area contributed by atoms with Crippen molar-refractivity contribution in [3.8, 4) is 11.5 Å². The number of benzene rings is 2. The van der Waals surface area contributed by atoms with Gasteiger partial charge < -0.3 is 19.5 Å². The fraction of sp³-hybridized carbons (Fsp3) is 0.435. The molecule has 10 heteroatoms. The standard InChI is InChI=1S/C23H31N3O6S/c1-18-7-8-21(31-3)22(15-18)33(28,29)26(19-5-4-6-20(16-19)30-2)17-23(27)24-9-10-25-11-13-32-14-12-25/h4-8,15-16H,9-14,17H2,1-3H3,(H,24,27). The van der Waals surface area contributed by atoms with Gasteiger partial charge in [0.2, 0.25) is 5.91 Å². The number of hydrogen-bond acceptors (Lipinski definition) is 7. The predicted octanol–water partition coefficient (Wildman–Crippen LogP) is 1.66. The van der Waals surface area contributed by atoms with E-state index in [1.807, 2.05) is 0 Å². The summed E-state index contributed by atoms with van der Waals surface area (Å²) in [6.45, 7) is 5.48. The van der Waals surface area contributed by atoms with Crippen LogP contribution in [0, 0.1) is 6.92 Å². The number of ether oxygens (including phenoxy) is 3. The molecular weight excluding hydrogens is 446 g/mol. The molecule has 0 saturated carbocycles. The first-order valence-corrected chi connectivity index (χ1v) is 12.2. The predicted molar refractivity (Wildman–Crippen MR) is 126 cm³/mol. The van der Waals surface area contributed by atoms with Gasteiger partial charge in [-0.25, -0.2) is 8.42 Å². The molecule has 1 amide bonds. The monoisotopic (exact) mass is 477 g/mol. The van der Waals surface area contributed by atoms with Crippen molar-refractivity contribution < 1.29 is 27.4 Å². The zero-order valence-corrected chi connectivity index (χ0v) is 20.1. The van der Waals surface area contributed by atoms with E-state index in [4.69, 9.17) is 14.2 Å². The van der Waals surface area contributed by atoms with Crippen LogP contribution >= 0.6 is 0 Å². The first kappa shape index (κ1) is 24.8. The third-order valence-corrected chi connectivity index (χ3v) is 7.16. The highest BCUT2D eigenvalue weighted by Gasteiger charge is 2.30. The number of rotatable bonds is 10. The smallest absolute Gasteiger partial charge is 0.268 e. The molecule has 1 saturated heterocycles. The number of morpholine rings is 1. The number of methoxy groups -OCH3 is 2. The van der Waals surface area contributed by atoms with Crippen LogP contribution in [-0.2, 0) is 19.6 Å². The Morgan fingerprint density at radius 3 is 2.58 bits per heavy atom. The van der Waals surface area contributed by atoms with Gasteiger partial charge in [-0.1, -0.05) is 12.1 Å². The Balaban J connectivity index is 1.85. The molecule has 0 radical (unpaired) electrons. The fourth-order valence-corrected chi connectivity index (χ4v) is 5.21. The van der Waals surface area contributed by atoms with Crippen LogP contribution in [0.15, 0.2) is 47.4 Å². The molecule has 0 spiro atoms. The molecule has 1 aliphatic rings. The lowest BCUT2D eigenvalue weighted by Crippen LogP contribution is -2.45. The molecular formula is C23H31N3O6S. The second kappa shape index (κ2) is 11.4. The van der Waals surface area contributed by atoms with Gasteiger partial charge in [0, 0.05) is 32.2 Å². The van der Waals surface area contributed by atoms with Gasteiger partial charge in [-0.05, 0) is 36.8 Å². The Hall–Kier alpha value is -2.82. The van der Waals surface area contributed by atoms with Crippen molar-refractivity contribution >= 4 is 21.6 Å². The maximum atomic E-state index is 13.7. The number of sulfonamides is 1. The largest absolute Gasteiger partial charge is 0.497 e. The number of aryl methyl sites for hydroxylation is 1. The molecule has 1 N–H and O–H groups in total. The van der Waals surface area contributed by atoms with Gasteiger partial charge in [-0.2, -0.15) is 0 Å². The summed E-state index contributed by atoms with van der Waals surface area (Å²) in [6.07, 6.45) is 0. The fourth-order valence-electron chi connectivity index (χ4n) is 3.55. The number of carbonyl (C=O) groups excluding carboxylic acids is 1. The van der Waals surface area contributed by atoms with Crippen molar-refractivity contribution in [2.24, 2.45) is 0 Å². The van der Waals surface area contributed by atoms with Crippen LogP contribution < -0.4 is 19.1 Å². The Kier molecular flexibility index (Phi) is 8.54. The topological polar surface area (TPSA) is 97.4 Å². The maximum absolute atomic E-state index is 13.7. The minimum atomic E-state index is -4.12. The summed E-state index contributed by atoms with van der Waals surface area (Å²) >= 11 is 0. The van der Waals surface area contributed by atoms with Gasteiger partial charge in [-0.3, -0.25) is 14.0 Å². The van der Waals surface area contributed by atoms with Crippen molar-refractivity contribution in [2.45, 2.75) is 11.8 Å². The Bertz CT molecular complexity index is 1050. The van der Waals surface area contributed by atoms with Gasteiger partial charge in [0.1, 0.15) is 22.9 Å². The summed E-state index contributed by atoms with van der Waals surface area (Å²) in [7, 11) is -1.21. The SMILES string of the molecule is COc1cccc(N(CC(=O)NCCN2CCOCC2)S(=O)(=O)c2cc(C)ccc2OC)c1. The minimum Gasteiger partial charge on any atom is -0.497 e. The van der Waals surface area contributed by atoms with E-state index in [0.29, 0.717) is 37.7 Å². The number of nitrogens with zero attached hydrogens (tertiary/aromatic N) is 2. The molecule has 33 heavy (non-hydrogen) atoms. The molecule has 1 fully saturated rings. The molecule has 0 atom stereocenters. The minimum absolute atomic E-state index is 0.00561. The number of hydrogen-bond donors (Lipinski definition) is 1. The molecule has 0 bridgehead atoms. The highest BCUT2D eigenvalue weighted by Crippen LogP contribution is 2.32. The average Bonchev–Trinajstić information content (AvgIpc) is 2.83. The van der Waals surface area contributed by atoms with E-state index in [-0.39, 0.29) is 17.2 Å². The van der Waals surface area contributed by atoms with Crippen LogP contribution in [0.25, 0.3) is 0 Å². The summed E-state index contributed by atoms with van der Waals surface area (Å²) in [4.78, 5) is 15.0. The second-order valence-electron chi connectivity index (χ2n) is 7.67. The third-order valence-electron chi connectivity index (χ3n) is 5.37. The number of nitrogens with one attached hydrogen (secondary N) is 1. The molecule has 1 aliphatic heterocycles. The van der Waals surface area contributed by atoms with E-state index >= 15 is 0 Å². The van der Waals surface area contributed by atoms with E-state index in [9.17, 15) is 13.2 Å². The van der Waals surface area contributed by atoms with Crippen LogP contribution in [0.4, 0.5) is 5.69 Å². The lowest BCUT2D eigenvalue weighted by Gasteiger charge is -2.27. The average molecular weight is 478 g/mol. The number of anilines is 1. The summed E-state index contributed by atoms with van der Waals surface area (Å²) in [5.74, 6) is 0.291. The normalized spacial score (nSPS) is 14.5. The number of carbonyl (C=O) groups is 1. The molecule has 2 aromatic carbocycles. The lowest BCUT2D eigenvalue weighted by molar-refractivity contribution is -0.119. The molecule has 180 valence electrons. The van der Waals surface area contributed by atoms with E-state index in [2.05, 4.69) is 10.2 Å². The maximum Gasteiger partial charge on any atom is 0.268 e. The first-order chi connectivity index (χ1) is 15.8. The Labute approximate surface area is 195 Å². The molecule has 2 aromatic rings. The Morgan fingerprint density at radius 1 is 1.12 bits per heavy atom. The lowest BCUT2D eigenvalue weighted by atomic mass is 10.2. The van der Waals surface area contributed by atoms with E-state index < -0.39 is 15.9 Å². The van der Waals surface area contributed by atoms with Crippen LogP contribution in [0.5, 0.6) is 11.5 Å². The molecule has 0 aromatic heterocycles. The summed E-state index contributed by atoms with van der Waals surface area (Å²) < 4.78 is 44.4. The Morgan fingerprint density at radius 2 is 1.88 bits per heavy atom. The van der Waals surface area contributed by atoms with Crippen LogP contribution in [0.1, 0.15) is 5.56 Å². The quantitative estimate of drug-likeness (QED) is 0.556. The van der Waals surface area contributed by atoms with Gasteiger partial charge >= 0.3 is 0 Å². The summed E-state index contributed by atoms with van der Waals surface area (Å²) in [5.41, 5.74) is 1.08. The van der Waals surface area contributed by atoms with Gasteiger partial charge in [0.05, 0.1) is 33.1 Å². The van der Waals surface area contributed by atoms with Gasteiger partial charge in [0.25, 0.3) is 10.0 Å². The van der Waals surface area contributed by atoms with Crippen molar-refractivity contribution in [3.63, 3.8) is 0 Å². The molecule has 0 aliphatic carbocycles. The highest BCUT2D eigenvalue weighted by atomic mass is 32.2. The molecule has 0 unspecified atom stereocenters. The van der Waals surface area contributed by atoms with E-state index in [0.717, 1.165) is 23.0 Å².